The van der Waals surface area contributed by atoms with Crippen molar-refractivity contribution in [3.63, 3.8) is 0 Å². The van der Waals surface area contributed by atoms with Gasteiger partial charge in [-0.1, -0.05) is 29.3 Å². The predicted molar refractivity (Wildman–Crippen MR) is 82.8 cm³/mol. The molecule has 0 saturated carbocycles. The molecule has 23 heavy (non-hydrogen) atoms. The minimum Gasteiger partial charge on any atom is -0.452 e. The lowest BCUT2D eigenvalue weighted by molar-refractivity contribution is -0.124. The number of nitrogens with zero attached hydrogens (tertiary/aromatic N) is 1. The lowest BCUT2D eigenvalue weighted by Crippen LogP contribution is -2.28. The highest BCUT2D eigenvalue weighted by molar-refractivity contribution is 6.30. The number of hydrogen-bond donors (Lipinski definition) is 1. The van der Waals surface area contributed by atoms with Crippen LogP contribution in [-0.2, 0) is 16.1 Å². The average Bonchev–Trinajstić information content (AvgIpc) is 2.54. The van der Waals surface area contributed by atoms with Gasteiger partial charge < -0.3 is 10.1 Å². The summed E-state index contributed by atoms with van der Waals surface area (Å²) in [6, 6.07) is 6.99. The van der Waals surface area contributed by atoms with Crippen molar-refractivity contribution >= 4 is 35.1 Å². The number of rotatable bonds is 5. The van der Waals surface area contributed by atoms with E-state index in [0.29, 0.717) is 5.56 Å². The first-order chi connectivity index (χ1) is 11.0. The summed E-state index contributed by atoms with van der Waals surface area (Å²) in [5.74, 6) is -1.72. The first-order valence-electron chi connectivity index (χ1n) is 6.45. The fraction of sp³-hybridized carbons (Fsp3) is 0.133. The first-order valence-corrected chi connectivity index (χ1v) is 7.20. The molecule has 2 aromatic rings. The van der Waals surface area contributed by atoms with Crippen molar-refractivity contribution in [1.82, 2.24) is 10.3 Å². The summed E-state index contributed by atoms with van der Waals surface area (Å²) < 4.78 is 17.8. The Bertz CT molecular complexity index is 723. The zero-order valence-corrected chi connectivity index (χ0v) is 13.2. The standard InChI is InChI=1S/C15H11Cl2FN2O3/c16-11-5-9(1-3-12(11)18)6-20-14(21)8-23-15(22)10-2-4-13(17)19-7-10/h1-5,7H,6,8H2,(H,20,21). The minimum absolute atomic E-state index is 0.0292. The summed E-state index contributed by atoms with van der Waals surface area (Å²) in [6.07, 6.45) is 1.25. The molecule has 0 spiro atoms. The van der Waals surface area contributed by atoms with E-state index in [1.165, 1.54) is 36.5 Å². The summed E-state index contributed by atoms with van der Waals surface area (Å²) >= 11 is 11.2. The number of aromatic nitrogens is 1. The van der Waals surface area contributed by atoms with Crippen molar-refractivity contribution < 1.29 is 18.7 Å². The highest BCUT2D eigenvalue weighted by atomic mass is 35.5. The van der Waals surface area contributed by atoms with E-state index in [2.05, 4.69) is 10.3 Å². The van der Waals surface area contributed by atoms with Gasteiger partial charge in [0.1, 0.15) is 11.0 Å². The van der Waals surface area contributed by atoms with Crippen LogP contribution in [0.4, 0.5) is 4.39 Å². The number of hydrogen-bond acceptors (Lipinski definition) is 4. The third kappa shape index (κ3) is 5.19. The Balaban J connectivity index is 1.79. The summed E-state index contributed by atoms with van der Waals surface area (Å²) in [7, 11) is 0. The Labute approximate surface area is 141 Å². The largest absolute Gasteiger partial charge is 0.452 e. The molecule has 1 amide bonds. The van der Waals surface area contributed by atoms with Gasteiger partial charge in [0, 0.05) is 12.7 Å². The zero-order valence-electron chi connectivity index (χ0n) is 11.7. The number of nitrogens with one attached hydrogen (secondary N) is 1. The van der Waals surface area contributed by atoms with Crippen molar-refractivity contribution in [2.45, 2.75) is 6.54 Å². The maximum Gasteiger partial charge on any atom is 0.340 e. The van der Waals surface area contributed by atoms with Gasteiger partial charge in [-0.2, -0.15) is 0 Å². The molecule has 8 heteroatoms. The van der Waals surface area contributed by atoms with Crippen molar-refractivity contribution in [1.29, 1.82) is 0 Å². The van der Waals surface area contributed by atoms with Gasteiger partial charge in [-0.3, -0.25) is 4.79 Å². The number of pyridine rings is 1. The van der Waals surface area contributed by atoms with E-state index >= 15 is 0 Å². The van der Waals surface area contributed by atoms with E-state index in [4.69, 9.17) is 27.9 Å². The van der Waals surface area contributed by atoms with E-state index in [9.17, 15) is 14.0 Å². The van der Waals surface area contributed by atoms with Crippen LogP contribution < -0.4 is 5.32 Å². The molecule has 0 saturated heterocycles. The highest BCUT2D eigenvalue weighted by Crippen LogP contribution is 2.15. The van der Waals surface area contributed by atoms with Gasteiger partial charge >= 0.3 is 5.97 Å². The molecule has 0 unspecified atom stereocenters. The molecule has 0 fully saturated rings. The molecule has 120 valence electrons. The van der Waals surface area contributed by atoms with Gasteiger partial charge in [-0.15, -0.1) is 0 Å². The second-order valence-electron chi connectivity index (χ2n) is 4.47. The van der Waals surface area contributed by atoms with Gasteiger partial charge in [-0.05, 0) is 29.8 Å². The molecule has 0 aliphatic carbocycles. The normalized spacial score (nSPS) is 10.2. The summed E-state index contributed by atoms with van der Waals surface area (Å²) in [4.78, 5) is 27.0. The number of benzene rings is 1. The second-order valence-corrected chi connectivity index (χ2v) is 5.27. The Morgan fingerprint density at radius 1 is 1.22 bits per heavy atom. The van der Waals surface area contributed by atoms with Crippen LogP contribution >= 0.6 is 23.2 Å². The van der Waals surface area contributed by atoms with Crippen LogP contribution in [0.5, 0.6) is 0 Å². The van der Waals surface area contributed by atoms with Crippen LogP contribution in [0.3, 0.4) is 0 Å². The molecule has 5 nitrogen and oxygen atoms in total. The zero-order chi connectivity index (χ0) is 16.8. The Kier molecular flexibility index (Phi) is 5.90. The number of ether oxygens (including phenoxy) is 1. The SMILES string of the molecule is O=C(COC(=O)c1ccc(Cl)nc1)NCc1ccc(F)c(Cl)c1. The van der Waals surface area contributed by atoms with Gasteiger partial charge in [-0.25, -0.2) is 14.2 Å². The third-order valence-corrected chi connectivity index (χ3v) is 3.28. The maximum atomic E-state index is 13.0. The van der Waals surface area contributed by atoms with E-state index < -0.39 is 24.3 Å². The molecule has 0 aliphatic rings. The van der Waals surface area contributed by atoms with E-state index in [0.717, 1.165) is 0 Å². The van der Waals surface area contributed by atoms with Crippen LogP contribution in [-0.4, -0.2) is 23.5 Å². The van der Waals surface area contributed by atoms with Gasteiger partial charge in [0.15, 0.2) is 6.61 Å². The molecule has 1 heterocycles. The molecular formula is C15H11Cl2FN2O3. The summed E-state index contributed by atoms with van der Waals surface area (Å²) in [5.41, 5.74) is 0.811. The van der Waals surface area contributed by atoms with Gasteiger partial charge in [0.05, 0.1) is 10.6 Å². The van der Waals surface area contributed by atoms with Crippen molar-refractivity contribution in [2.75, 3.05) is 6.61 Å². The number of halogens is 3. The average molecular weight is 357 g/mol. The molecule has 1 aromatic carbocycles. The Hall–Kier alpha value is -2.18. The monoisotopic (exact) mass is 356 g/mol. The number of esters is 1. The maximum absolute atomic E-state index is 13.0. The third-order valence-electron chi connectivity index (χ3n) is 2.77. The molecular weight excluding hydrogens is 346 g/mol. The summed E-state index contributed by atoms with van der Waals surface area (Å²) in [6.45, 7) is -0.310. The fourth-order valence-corrected chi connectivity index (χ4v) is 1.93. The second kappa shape index (κ2) is 7.89. The number of carbonyl (C=O) groups is 2. The van der Waals surface area contributed by atoms with Crippen molar-refractivity contribution in [3.05, 3.63) is 63.6 Å². The fourth-order valence-electron chi connectivity index (χ4n) is 1.61. The lowest BCUT2D eigenvalue weighted by atomic mass is 10.2. The smallest absolute Gasteiger partial charge is 0.340 e. The molecule has 0 bridgehead atoms. The molecule has 1 N–H and O–H groups in total. The quantitative estimate of drug-likeness (QED) is 0.660. The van der Waals surface area contributed by atoms with Crippen molar-refractivity contribution in [3.8, 4) is 0 Å². The van der Waals surface area contributed by atoms with Crippen LogP contribution in [0.25, 0.3) is 0 Å². The van der Waals surface area contributed by atoms with Crippen LogP contribution in [0.15, 0.2) is 36.5 Å². The molecule has 1 aromatic heterocycles. The Morgan fingerprint density at radius 2 is 2.00 bits per heavy atom. The van der Waals surface area contributed by atoms with Gasteiger partial charge in [0.25, 0.3) is 5.91 Å². The molecule has 0 radical (unpaired) electrons. The minimum atomic E-state index is -0.686. The predicted octanol–water partition coefficient (Wildman–Crippen LogP) is 3.00. The van der Waals surface area contributed by atoms with E-state index in [1.54, 1.807) is 0 Å². The van der Waals surface area contributed by atoms with Crippen LogP contribution in [0, 0.1) is 5.82 Å². The molecule has 0 aliphatic heterocycles. The van der Waals surface area contributed by atoms with Crippen LogP contribution in [0.1, 0.15) is 15.9 Å². The van der Waals surface area contributed by atoms with E-state index in [1.807, 2.05) is 0 Å². The van der Waals surface area contributed by atoms with Crippen LogP contribution in [0.2, 0.25) is 10.2 Å². The molecule has 2 rings (SSSR count). The highest BCUT2D eigenvalue weighted by Gasteiger charge is 2.10. The van der Waals surface area contributed by atoms with Gasteiger partial charge in [0.2, 0.25) is 0 Å². The lowest BCUT2D eigenvalue weighted by Gasteiger charge is -2.07. The summed E-state index contributed by atoms with van der Waals surface area (Å²) in [5, 5.41) is 2.75. The van der Waals surface area contributed by atoms with E-state index in [-0.39, 0.29) is 22.3 Å². The first kappa shape index (κ1) is 17.2. The number of amides is 1. The number of carbonyl (C=O) groups excluding carboxylic acids is 2. The molecule has 0 atom stereocenters. The van der Waals surface area contributed by atoms with Crippen molar-refractivity contribution in [2.24, 2.45) is 0 Å². The topological polar surface area (TPSA) is 68.3 Å². The Morgan fingerprint density at radius 3 is 2.65 bits per heavy atom.